The monoisotopic (exact) mass is 301 g/mol. The summed E-state index contributed by atoms with van der Waals surface area (Å²) < 4.78 is 7.39. The fourth-order valence-electron chi connectivity index (χ4n) is 2.30. The number of para-hydroxylation sites is 1. The molecule has 0 atom stereocenters. The zero-order chi connectivity index (χ0) is 15.9. The lowest BCUT2D eigenvalue weighted by molar-refractivity contribution is -0.120. The molecule has 0 saturated heterocycles. The molecule has 0 aliphatic carbocycles. The SMILES string of the molecule is Cc1nn(C)c(C)c1CC(=O)NCCCOc1ccccc1. The van der Waals surface area contributed by atoms with Crippen LogP contribution in [0.1, 0.15) is 23.4 Å². The van der Waals surface area contributed by atoms with Gasteiger partial charge in [0.05, 0.1) is 18.7 Å². The van der Waals surface area contributed by atoms with Crippen molar-refractivity contribution < 1.29 is 9.53 Å². The smallest absolute Gasteiger partial charge is 0.224 e. The third-order valence-electron chi connectivity index (χ3n) is 3.65. The van der Waals surface area contributed by atoms with Crippen molar-refractivity contribution in [3.63, 3.8) is 0 Å². The number of hydrogen-bond acceptors (Lipinski definition) is 3. The number of nitrogens with zero attached hydrogens (tertiary/aromatic N) is 2. The summed E-state index contributed by atoms with van der Waals surface area (Å²) in [6.07, 6.45) is 1.16. The second-order valence-electron chi connectivity index (χ2n) is 5.31. The molecular weight excluding hydrogens is 278 g/mol. The standard InChI is InChI=1S/C17H23N3O2/c1-13-16(14(2)20(3)19-13)12-17(21)18-10-7-11-22-15-8-5-4-6-9-15/h4-6,8-9H,7,10-12H2,1-3H3,(H,18,21). The van der Waals surface area contributed by atoms with Gasteiger partial charge in [0.25, 0.3) is 0 Å². The van der Waals surface area contributed by atoms with Gasteiger partial charge < -0.3 is 10.1 Å². The van der Waals surface area contributed by atoms with E-state index in [1.54, 1.807) is 0 Å². The zero-order valence-corrected chi connectivity index (χ0v) is 13.4. The molecule has 2 aromatic rings. The first-order valence-corrected chi connectivity index (χ1v) is 7.51. The zero-order valence-electron chi connectivity index (χ0n) is 13.4. The van der Waals surface area contributed by atoms with Crippen LogP contribution in [0.5, 0.6) is 5.75 Å². The molecule has 1 amide bonds. The van der Waals surface area contributed by atoms with E-state index in [0.29, 0.717) is 19.6 Å². The molecule has 1 heterocycles. The average Bonchev–Trinajstić information content (AvgIpc) is 2.74. The molecule has 0 aliphatic heterocycles. The van der Waals surface area contributed by atoms with Gasteiger partial charge in [-0.2, -0.15) is 5.10 Å². The number of hydrogen-bond donors (Lipinski definition) is 1. The van der Waals surface area contributed by atoms with E-state index in [2.05, 4.69) is 10.4 Å². The number of rotatable bonds is 7. The Morgan fingerprint density at radius 2 is 2.00 bits per heavy atom. The van der Waals surface area contributed by atoms with E-state index >= 15 is 0 Å². The second kappa shape index (κ2) is 7.64. The van der Waals surface area contributed by atoms with Crippen molar-refractivity contribution in [3.05, 3.63) is 47.3 Å². The Morgan fingerprint density at radius 1 is 1.27 bits per heavy atom. The number of carbonyl (C=O) groups excluding carboxylic acids is 1. The quantitative estimate of drug-likeness (QED) is 0.797. The third-order valence-corrected chi connectivity index (χ3v) is 3.65. The van der Waals surface area contributed by atoms with Crippen LogP contribution in [-0.4, -0.2) is 28.8 Å². The summed E-state index contributed by atoms with van der Waals surface area (Å²) in [6, 6.07) is 9.68. The highest BCUT2D eigenvalue weighted by Gasteiger charge is 2.12. The lowest BCUT2D eigenvalue weighted by atomic mass is 10.1. The summed E-state index contributed by atoms with van der Waals surface area (Å²) in [5, 5.41) is 7.25. The van der Waals surface area contributed by atoms with Crippen LogP contribution in [-0.2, 0) is 18.3 Å². The fraction of sp³-hybridized carbons (Fsp3) is 0.412. The van der Waals surface area contributed by atoms with E-state index in [1.807, 2.05) is 55.9 Å². The molecule has 0 saturated carbocycles. The number of aromatic nitrogens is 2. The van der Waals surface area contributed by atoms with Gasteiger partial charge in [0.15, 0.2) is 0 Å². The first-order chi connectivity index (χ1) is 10.6. The van der Waals surface area contributed by atoms with Crippen molar-refractivity contribution in [2.75, 3.05) is 13.2 Å². The summed E-state index contributed by atoms with van der Waals surface area (Å²) >= 11 is 0. The minimum Gasteiger partial charge on any atom is -0.494 e. The molecule has 5 heteroatoms. The molecular formula is C17H23N3O2. The summed E-state index contributed by atoms with van der Waals surface area (Å²) in [7, 11) is 1.89. The fourth-order valence-corrected chi connectivity index (χ4v) is 2.30. The van der Waals surface area contributed by atoms with Crippen molar-refractivity contribution >= 4 is 5.91 Å². The molecule has 0 unspecified atom stereocenters. The van der Waals surface area contributed by atoms with Crippen molar-refractivity contribution in [3.8, 4) is 5.75 Å². The van der Waals surface area contributed by atoms with Gasteiger partial charge in [-0.05, 0) is 32.4 Å². The van der Waals surface area contributed by atoms with Crippen LogP contribution in [0.2, 0.25) is 0 Å². The summed E-state index contributed by atoms with van der Waals surface area (Å²) in [6.45, 7) is 5.12. The molecule has 118 valence electrons. The van der Waals surface area contributed by atoms with E-state index < -0.39 is 0 Å². The number of amides is 1. The van der Waals surface area contributed by atoms with Crippen LogP contribution in [0, 0.1) is 13.8 Å². The number of benzene rings is 1. The second-order valence-corrected chi connectivity index (χ2v) is 5.31. The van der Waals surface area contributed by atoms with Crippen LogP contribution in [0.15, 0.2) is 30.3 Å². The van der Waals surface area contributed by atoms with Crippen LogP contribution >= 0.6 is 0 Å². The van der Waals surface area contributed by atoms with Gasteiger partial charge in [-0.15, -0.1) is 0 Å². The minimum absolute atomic E-state index is 0.0268. The molecule has 0 fully saturated rings. The topological polar surface area (TPSA) is 56.2 Å². The molecule has 0 radical (unpaired) electrons. The predicted molar refractivity (Wildman–Crippen MR) is 85.9 cm³/mol. The Kier molecular flexibility index (Phi) is 5.58. The number of carbonyl (C=O) groups is 1. The molecule has 1 aromatic heterocycles. The van der Waals surface area contributed by atoms with Gasteiger partial charge in [-0.1, -0.05) is 18.2 Å². The van der Waals surface area contributed by atoms with Gasteiger partial charge in [0.1, 0.15) is 5.75 Å². The molecule has 0 aliphatic rings. The van der Waals surface area contributed by atoms with Crippen molar-refractivity contribution in [2.24, 2.45) is 7.05 Å². The van der Waals surface area contributed by atoms with Gasteiger partial charge in [-0.3, -0.25) is 9.48 Å². The van der Waals surface area contributed by atoms with E-state index in [-0.39, 0.29) is 5.91 Å². The predicted octanol–water partition coefficient (Wildman–Crippen LogP) is 2.16. The Bertz CT molecular complexity index is 620. The van der Waals surface area contributed by atoms with Gasteiger partial charge >= 0.3 is 0 Å². The third kappa shape index (κ3) is 4.35. The van der Waals surface area contributed by atoms with E-state index in [4.69, 9.17) is 4.74 Å². The highest BCUT2D eigenvalue weighted by molar-refractivity contribution is 5.79. The Morgan fingerprint density at radius 3 is 2.64 bits per heavy atom. The molecule has 1 aromatic carbocycles. The number of aryl methyl sites for hydroxylation is 2. The first-order valence-electron chi connectivity index (χ1n) is 7.51. The molecule has 0 bridgehead atoms. The van der Waals surface area contributed by atoms with Gasteiger partial charge in [0.2, 0.25) is 5.91 Å². The van der Waals surface area contributed by atoms with Crippen LogP contribution in [0.4, 0.5) is 0 Å². The highest BCUT2D eigenvalue weighted by atomic mass is 16.5. The largest absolute Gasteiger partial charge is 0.494 e. The average molecular weight is 301 g/mol. The van der Waals surface area contributed by atoms with Crippen LogP contribution in [0.25, 0.3) is 0 Å². The maximum atomic E-state index is 12.0. The Hall–Kier alpha value is -2.30. The van der Waals surface area contributed by atoms with Crippen molar-refractivity contribution in [1.82, 2.24) is 15.1 Å². The number of nitrogens with one attached hydrogen (secondary N) is 1. The molecule has 0 spiro atoms. The summed E-state index contributed by atoms with van der Waals surface area (Å²) in [4.78, 5) is 12.0. The molecule has 1 N–H and O–H groups in total. The van der Waals surface area contributed by atoms with E-state index in [9.17, 15) is 4.79 Å². The first kappa shape index (κ1) is 16.1. The maximum absolute atomic E-state index is 12.0. The number of ether oxygens (including phenoxy) is 1. The maximum Gasteiger partial charge on any atom is 0.224 e. The molecule has 5 nitrogen and oxygen atoms in total. The Balaban J connectivity index is 1.68. The molecule has 22 heavy (non-hydrogen) atoms. The van der Waals surface area contributed by atoms with Crippen molar-refractivity contribution in [1.29, 1.82) is 0 Å². The lowest BCUT2D eigenvalue weighted by Crippen LogP contribution is -2.27. The van der Waals surface area contributed by atoms with E-state index in [1.165, 1.54) is 0 Å². The molecule has 2 rings (SSSR count). The summed E-state index contributed by atoms with van der Waals surface area (Å²) in [5.74, 6) is 0.884. The van der Waals surface area contributed by atoms with Crippen molar-refractivity contribution in [2.45, 2.75) is 26.7 Å². The van der Waals surface area contributed by atoms with E-state index in [0.717, 1.165) is 29.1 Å². The normalized spacial score (nSPS) is 10.5. The van der Waals surface area contributed by atoms with Crippen LogP contribution in [0.3, 0.4) is 0 Å². The summed E-state index contributed by atoms with van der Waals surface area (Å²) in [5.41, 5.74) is 2.98. The van der Waals surface area contributed by atoms with Gasteiger partial charge in [0, 0.05) is 24.8 Å². The highest BCUT2D eigenvalue weighted by Crippen LogP contribution is 2.12. The van der Waals surface area contributed by atoms with Gasteiger partial charge in [-0.25, -0.2) is 0 Å². The van der Waals surface area contributed by atoms with Crippen LogP contribution < -0.4 is 10.1 Å². The Labute approximate surface area is 131 Å². The lowest BCUT2D eigenvalue weighted by Gasteiger charge is -2.07. The minimum atomic E-state index is 0.0268.